The third-order valence-electron chi connectivity index (χ3n) is 5.48. The molecule has 0 unspecified atom stereocenters. The Balaban J connectivity index is 1.49. The van der Waals surface area contributed by atoms with Crippen molar-refractivity contribution < 1.29 is 4.79 Å². The van der Waals surface area contributed by atoms with Crippen molar-refractivity contribution in [2.24, 2.45) is 5.92 Å². The number of fused-ring (bicyclic) bond motifs is 3. The van der Waals surface area contributed by atoms with E-state index in [-0.39, 0.29) is 11.9 Å². The lowest BCUT2D eigenvalue weighted by Crippen LogP contribution is -2.62. The summed E-state index contributed by atoms with van der Waals surface area (Å²) in [5.74, 6) is 0.592. The average Bonchev–Trinajstić information content (AvgIpc) is 3.09. The van der Waals surface area contributed by atoms with Crippen LogP contribution in [0.3, 0.4) is 0 Å². The average molecular weight is 341 g/mol. The zero-order valence-corrected chi connectivity index (χ0v) is 15.0. The lowest BCUT2D eigenvalue weighted by Gasteiger charge is -2.49. The number of carbonyl (C=O) groups excluding carboxylic acids is 1. The summed E-state index contributed by atoms with van der Waals surface area (Å²) in [5, 5.41) is 3.82. The van der Waals surface area contributed by atoms with E-state index in [1.807, 2.05) is 12.3 Å². The molecule has 0 saturated carbocycles. The lowest BCUT2D eigenvalue weighted by molar-refractivity contribution is 0.0217. The standard InChI is InChI=1S/C19H23N3OS/c1-12-4-3-5-15(10-12)16-11-20-19(24-16)18(23)21-17-13(2)22-8-6-14(17)7-9-22/h3-5,10-11,13-14,17H,6-9H2,1-2H3,(H,21,23)/t13-,17-/m0/s1. The van der Waals surface area contributed by atoms with E-state index in [4.69, 9.17) is 0 Å². The second-order valence-corrected chi connectivity index (χ2v) is 8.04. The summed E-state index contributed by atoms with van der Waals surface area (Å²) in [4.78, 5) is 20.6. The topological polar surface area (TPSA) is 45.2 Å². The van der Waals surface area contributed by atoms with Gasteiger partial charge in [0.05, 0.1) is 4.88 Å². The Hall–Kier alpha value is -1.72. The van der Waals surface area contributed by atoms with E-state index in [0.29, 0.717) is 17.0 Å². The van der Waals surface area contributed by atoms with E-state index in [2.05, 4.69) is 47.2 Å². The maximum atomic E-state index is 12.7. The second-order valence-electron chi connectivity index (χ2n) is 7.01. The predicted octanol–water partition coefficient (Wildman–Crippen LogP) is 3.33. The zero-order chi connectivity index (χ0) is 16.7. The van der Waals surface area contributed by atoms with Gasteiger partial charge in [-0.25, -0.2) is 4.98 Å². The number of aryl methyl sites for hydroxylation is 1. The third-order valence-corrected chi connectivity index (χ3v) is 6.52. The highest BCUT2D eigenvalue weighted by molar-refractivity contribution is 7.16. The molecule has 126 valence electrons. The molecule has 1 amide bonds. The van der Waals surface area contributed by atoms with Gasteiger partial charge in [0.1, 0.15) is 0 Å². The maximum absolute atomic E-state index is 12.7. The van der Waals surface area contributed by atoms with Crippen LogP contribution >= 0.6 is 11.3 Å². The highest BCUT2D eigenvalue weighted by atomic mass is 32.1. The van der Waals surface area contributed by atoms with Crippen molar-refractivity contribution in [3.05, 3.63) is 41.0 Å². The molecule has 3 aliphatic rings. The van der Waals surface area contributed by atoms with Crippen LogP contribution in [0.15, 0.2) is 30.5 Å². The minimum atomic E-state index is -0.0236. The minimum absolute atomic E-state index is 0.0236. The number of piperidine rings is 3. The lowest BCUT2D eigenvalue weighted by atomic mass is 9.79. The Morgan fingerprint density at radius 2 is 2.12 bits per heavy atom. The summed E-state index contributed by atoms with van der Waals surface area (Å²) in [6.07, 6.45) is 4.21. The van der Waals surface area contributed by atoms with Crippen LogP contribution in [0.2, 0.25) is 0 Å². The van der Waals surface area contributed by atoms with E-state index in [1.165, 1.54) is 42.8 Å². The molecule has 4 heterocycles. The molecule has 0 aliphatic carbocycles. The molecule has 1 aromatic carbocycles. The van der Waals surface area contributed by atoms with Crippen LogP contribution in [-0.2, 0) is 0 Å². The van der Waals surface area contributed by atoms with Crippen LogP contribution < -0.4 is 5.32 Å². The largest absolute Gasteiger partial charge is 0.345 e. The summed E-state index contributed by atoms with van der Waals surface area (Å²) in [5.41, 5.74) is 2.34. The Morgan fingerprint density at radius 1 is 1.33 bits per heavy atom. The molecule has 3 saturated heterocycles. The van der Waals surface area contributed by atoms with Crippen molar-refractivity contribution >= 4 is 17.2 Å². The van der Waals surface area contributed by atoms with Crippen molar-refractivity contribution in [2.45, 2.75) is 38.8 Å². The summed E-state index contributed by atoms with van der Waals surface area (Å²) in [7, 11) is 0. The molecule has 0 spiro atoms. The first-order valence-electron chi connectivity index (χ1n) is 8.69. The second kappa shape index (κ2) is 6.30. The van der Waals surface area contributed by atoms with Gasteiger partial charge in [0.2, 0.25) is 0 Å². The first kappa shape index (κ1) is 15.8. The van der Waals surface area contributed by atoms with Crippen LogP contribution in [0.1, 0.15) is 35.1 Å². The van der Waals surface area contributed by atoms with Crippen LogP contribution in [0.5, 0.6) is 0 Å². The monoisotopic (exact) mass is 341 g/mol. The van der Waals surface area contributed by atoms with Crippen LogP contribution in [-0.4, -0.2) is 41.0 Å². The summed E-state index contributed by atoms with van der Waals surface area (Å²) < 4.78 is 0. The minimum Gasteiger partial charge on any atom is -0.345 e. The van der Waals surface area contributed by atoms with Gasteiger partial charge in [0, 0.05) is 18.3 Å². The normalized spacial score (nSPS) is 28.8. The Kier molecular flexibility index (Phi) is 4.14. The fraction of sp³-hybridized carbons (Fsp3) is 0.474. The molecular formula is C19H23N3OS. The fourth-order valence-electron chi connectivity index (χ4n) is 4.07. The molecule has 5 heteroatoms. The van der Waals surface area contributed by atoms with Crippen molar-refractivity contribution in [1.29, 1.82) is 0 Å². The summed E-state index contributed by atoms with van der Waals surface area (Å²) in [6.45, 7) is 6.66. The van der Waals surface area contributed by atoms with Crippen LogP contribution in [0.25, 0.3) is 10.4 Å². The van der Waals surface area contributed by atoms with Gasteiger partial charge in [0.15, 0.2) is 5.01 Å². The number of nitrogens with one attached hydrogen (secondary N) is 1. The zero-order valence-electron chi connectivity index (χ0n) is 14.2. The predicted molar refractivity (Wildman–Crippen MR) is 97.3 cm³/mol. The first-order valence-corrected chi connectivity index (χ1v) is 9.51. The van der Waals surface area contributed by atoms with Crippen molar-refractivity contribution in [3.8, 4) is 10.4 Å². The van der Waals surface area contributed by atoms with Gasteiger partial charge >= 0.3 is 0 Å². The fourth-order valence-corrected chi connectivity index (χ4v) is 4.88. The molecule has 2 atom stereocenters. The quantitative estimate of drug-likeness (QED) is 0.931. The highest BCUT2D eigenvalue weighted by Gasteiger charge is 2.40. The molecule has 1 aromatic heterocycles. The van der Waals surface area contributed by atoms with E-state index < -0.39 is 0 Å². The van der Waals surface area contributed by atoms with E-state index >= 15 is 0 Å². The molecule has 4 nitrogen and oxygen atoms in total. The molecule has 2 aromatic rings. The Bertz CT molecular complexity index is 747. The number of carbonyl (C=O) groups is 1. The molecule has 5 rings (SSSR count). The Morgan fingerprint density at radius 3 is 2.83 bits per heavy atom. The van der Waals surface area contributed by atoms with E-state index in [0.717, 1.165) is 10.4 Å². The number of benzene rings is 1. The smallest absolute Gasteiger partial charge is 0.280 e. The summed E-state index contributed by atoms with van der Waals surface area (Å²) >= 11 is 1.48. The van der Waals surface area contributed by atoms with Gasteiger partial charge in [0.25, 0.3) is 5.91 Å². The van der Waals surface area contributed by atoms with Crippen molar-refractivity contribution in [3.63, 3.8) is 0 Å². The third kappa shape index (κ3) is 2.87. The number of hydrogen-bond acceptors (Lipinski definition) is 4. The van der Waals surface area contributed by atoms with Crippen LogP contribution in [0.4, 0.5) is 0 Å². The molecule has 2 bridgehead atoms. The molecule has 0 radical (unpaired) electrons. The van der Waals surface area contributed by atoms with Gasteiger partial charge < -0.3 is 5.32 Å². The van der Waals surface area contributed by atoms with Gasteiger partial charge in [-0.05, 0) is 51.3 Å². The van der Waals surface area contributed by atoms with Gasteiger partial charge in [-0.2, -0.15) is 0 Å². The number of amides is 1. The molecule has 3 fully saturated rings. The van der Waals surface area contributed by atoms with Gasteiger partial charge in [-0.15, -0.1) is 11.3 Å². The number of nitrogens with zero attached hydrogens (tertiary/aromatic N) is 2. The molecule has 3 aliphatic heterocycles. The highest BCUT2D eigenvalue weighted by Crippen LogP contribution is 2.33. The maximum Gasteiger partial charge on any atom is 0.280 e. The van der Waals surface area contributed by atoms with Crippen molar-refractivity contribution in [2.75, 3.05) is 13.1 Å². The van der Waals surface area contributed by atoms with Crippen molar-refractivity contribution in [1.82, 2.24) is 15.2 Å². The number of hydrogen-bond donors (Lipinski definition) is 1. The SMILES string of the molecule is Cc1cccc(-c2cnc(C(=O)N[C@@H]3C4CCN(CC4)[C@H]3C)s2)c1. The first-order chi connectivity index (χ1) is 11.6. The van der Waals surface area contributed by atoms with Gasteiger partial charge in [-0.3, -0.25) is 9.69 Å². The van der Waals surface area contributed by atoms with Gasteiger partial charge in [-0.1, -0.05) is 29.8 Å². The van der Waals surface area contributed by atoms with E-state index in [1.54, 1.807) is 0 Å². The molecular weight excluding hydrogens is 318 g/mol. The Labute approximate surface area is 146 Å². The van der Waals surface area contributed by atoms with E-state index in [9.17, 15) is 4.79 Å². The molecule has 1 N–H and O–H groups in total. The summed E-state index contributed by atoms with van der Waals surface area (Å²) in [6, 6.07) is 9.00. The number of aromatic nitrogens is 1. The van der Waals surface area contributed by atoms with Crippen LogP contribution in [0, 0.1) is 12.8 Å². The molecule has 24 heavy (non-hydrogen) atoms. The number of thiazole rings is 1. The number of rotatable bonds is 3.